The van der Waals surface area contributed by atoms with Gasteiger partial charge in [-0.1, -0.05) is 31.7 Å². The fourth-order valence-corrected chi connectivity index (χ4v) is 2.35. The molecule has 0 aliphatic rings. The van der Waals surface area contributed by atoms with Crippen molar-refractivity contribution < 1.29 is 15.0 Å². The molecule has 1 aromatic heterocycles. The summed E-state index contributed by atoms with van der Waals surface area (Å²) in [5, 5.41) is 27.3. The van der Waals surface area contributed by atoms with Gasteiger partial charge in [0.15, 0.2) is 5.69 Å². The lowest BCUT2D eigenvalue weighted by Gasteiger charge is -2.01. The third kappa shape index (κ3) is 3.60. The van der Waals surface area contributed by atoms with Gasteiger partial charge >= 0.3 is 5.97 Å². The molecule has 0 bridgehead atoms. The van der Waals surface area contributed by atoms with Crippen LogP contribution in [0.4, 0.5) is 0 Å². The number of carbonyl (C=O) groups is 1. The highest BCUT2D eigenvalue weighted by Gasteiger charge is 2.19. The number of benzene rings is 2. The molecule has 0 saturated heterocycles. The molecule has 0 unspecified atom stereocenters. The molecule has 0 radical (unpaired) electrons. The largest absolute Gasteiger partial charge is 0.508 e. The first kappa shape index (κ1) is 17.2. The molecule has 0 amide bonds. The molecular weight excluding hydrogens is 306 g/mol. The third-order valence-electron chi connectivity index (χ3n) is 3.40. The van der Waals surface area contributed by atoms with E-state index in [1.807, 2.05) is 31.2 Å². The zero-order chi connectivity index (χ0) is 16.4. The van der Waals surface area contributed by atoms with Gasteiger partial charge in [-0.05, 0) is 42.3 Å². The van der Waals surface area contributed by atoms with Crippen LogP contribution in [-0.4, -0.2) is 31.2 Å². The summed E-state index contributed by atoms with van der Waals surface area (Å²) in [6.45, 7) is 1.94. The Morgan fingerprint density at radius 2 is 1.88 bits per heavy atom. The summed E-state index contributed by atoms with van der Waals surface area (Å²) in [4.78, 5) is 12.8. The maximum Gasteiger partial charge on any atom is 0.358 e. The number of nitrogens with zero attached hydrogens (tertiary/aromatic N) is 3. The average Bonchev–Trinajstić information content (AvgIpc) is 2.91. The number of rotatable bonds is 4. The predicted octanol–water partition coefficient (Wildman–Crippen LogP) is 3.21. The first-order valence-corrected chi connectivity index (χ1v) is 7.07. The number of aromatic nitrogens is 3. The van der Waals surface area contributed by atoms with Crippen LogP contribution in [0, 0.1) is 6.92 Å². The Bertz CT molecular complexity index is 871. The molecule has 0 spiro atoms. The number of hydrogen-bond donors (Lipinski definition) is 2. The lowest BCUT2D eigenvalue weighted by Crippen LogP contribution is -2.03. The molecule has 124 valence electrons. The lowest BCUT2D eigenvalue weighted by molar-refractivity contribution is 0.0689. The Balaban J connectivity index is 0.00000208. The van der Waals surface area contributed by atoms with E-state index >= 15 is 0 Å². The van der Waals surface area contributed by atoms with Crippen LogP contribution in [0.5, 0.6) is 5.75 Å². The Labute approximate surface area is 140 Å². The van der Waals surface area contributed by atoms with E-state index in [0.29, 0.717) is 11.4 Å². The van der Waals surface area contributed by atoms with Crippen molar-refractivity contribution in [2.45, 2.75) is 20.8 Å². The normalized spacial score (nSPS) is 10.2. The van der Waals surface area contributed by atoms with E-state index in [9.17, 15) is 15.0 Å². The summed E-state index contributed by atoms with van der Waals surface area (Å²) >= 11 is 0. The minimum absolute atomic E-state index is 0. The standard InChI is InChI=1S/C17H15N3O3.CH4/c1-11-4-2-6-13(8-11)20-18-15(16(19-20)17(22)23)10-12-5-3-7-14(21)9-12;/h2-9,21H,10H2,1H3,(H,22,23);1H4. The average molecular weight is 325 g/mol. The molecule has 3 rings (SSSR count). The highest BCUT2D eigenvalue weighted by atomic mass is 16.4. The number of aromatic hydroxyl groups is 1. The summed E-state index contributed by atoms with van der Waals surface area (Å²) in [5.41, 5.74) is 2.77. The number of phenols is 1. The van der Waals surface area contributed by atoms with Gasteiger partial charge in [-0.2, -0.15) is 9.90 Å². The van der Waals surface area contributed by atoms with Gasteiger partial charge in [0.05, 0.1) is 5.69 Å². The molecule has 2 N–H and O–H groups in total. The van der Waals surface area contributed by atoms with Crippen LogP contribution in [0.1, 0.15) is 34.7 Å². The minimum Gasteiger partial charge on any atom is -0.508 e. The first-order chi connectivity index (χ1) is 11.0. The molecule has 6 nitrogen and oxygen atoms in total. The SMILES string of the molecule is C.Cc1cccc(-n2nc(Cc3cccc(O)c3)c(C(=O)O)n2)c1. The molecule has 0 atom stereocenters. The van der Waals surface area contributed by atoms with E-state index in [1.54, 1.807) is 24.3 Å². The minimum atomic E-state index is -1.13. The number of aryl methyl sites for hydroxylation is 1. The van der Waals surface area contributed by atoms with Gasteiger partial charge in [-0.25, -0.2) is 4.79 Å². The van der Waals surface area contributed by atoms with Crippen LogP contribution in [-0.2, 0) is 6.42 Å². The highest BCUT2D eigenvalue weighted by molar-refractivity contribution is 5.86. The molecule has 2 aromatic carbocycles. The Hall–Kier alpha value is -3.15. The van der Waals surface area contributed by atoms with Crippen molar-refractivity contribution in [3.8, 4) is 11.4 Å². The van der Waals surface area contributed by atoms with E-state index in [-0.39, 0.29) is 25.3 Å². The van der Waals surface area contributed by atoms with Gasteiger partial charge < -0.3 is 10.2 Å². The molecule has 24 heavy (non-hydrogen) atoms. The fraction of sp³-hybridized carbons (Fsp3) is 0.167. The maximum atomic E-state index is 11.4. The Kier molecular flexibility index (Phi) is 4.99. The van der Waals surface area contributed by atoms with E-state index in [4.69, 9.17) is 0 Å². The van der Waals surface area contributed by atoms with Crippen molar-refractivity contribution in [2.75, 3.05) is 0 Å². The number of phenolic OH excluding ortho intramolecular Hbond substituents is 1. The zero-order valence-electron chi connectivity index (χ0n) is 12.5. The van der Waals surface area contributed by atoms with Crippen molar-refractivity contribution in [3.63, 3.8) is 0 Å². The fourth-order valence-electron chi connectivity index (χ4n) is 2.35. The van der Waals surface area contributed by atoms with Gasteiger partial charge in [-0.15, -0.1) is 5.10 Å². The summed E-state index contributed by atoms with van der Waals surface area (Å²) in [5.74, 6) is -0.996. The number of hydrogen-bond acceptors (Lipinski definition) is 4. The van der Waals surface area contributed by atoms with Crippen molar-refractivity contribution in [3.05, 3.63) is 71.0 Å². The lowest BCUT2D eigenvalue weighted by atomic mass is 10.1. The molecule has 0 aliphatic carbocycles. The molecule has 0 fully saturated rings. The van der Waals surface area contributed by atoms with Crippen LogP contribution in [0.3, 0.4) is 0 Å². The van der Waals surface area contributed by atoms with Gasteiger partial charge in [0.25, 0.3) is 0 Å². The number of carboxylic acid groups (broad SMARTS) is 1. The summed E-state index contributed by atoms with van der Waals surface area (Å²) in [6.07, 6.45) is 0.280. The smallest absolute Gasteiger partial charge is 0.358 e. The van der Waals surface area contributed by atoms with Gasteiger partial charge in [0.2, 0.25) is 0 Å². The first-order valence-electron chi connectivity index (χ1n) is 7.07. The van der Waals surface area contributed by atoms with Crippen LogP contribution >= 0.6 is 0 Å². The van der Waals surface area contributed by atoms with E-state index in [2.05, 4.69) is 10.2 Å². The Morgan fingerprint density at radius 1 is 1.12 bits per heavy atom. The number of aromatic carboxylic acids is 1. The van der Waals surface area contributed by atoms with Crippen LogP contribution < -0.4 is 0 Å². The molecular formula is C18H19N3O3. The maximum absolute atomic E-state index is 11.4. The zero-order valence-corrected chi connectivity index (χ0v) is 12.5. The molecule has 0 aliphatic heterocycles. The third-order valence-corrected chi connectivity index (χ3v) is 3.40. The topological polar surface area (TPSA) is 88.2 Å². The van der Waals surface area contributed by atoms with Crippen LogP contribution in [0.2, 0.25) is 0 Å². The monoisotopic (exact) mass is 325 g/mol. The van der Waals surface area contributed by atoms with Gasteiger partial charge in [0.1, 0.15) is 11.4 Å². The summed E-state index contributed by atoms with van der Waals surface area (Å²) in [7, 11) is 0. The van der Waals surface area contributed by atoms with E-state index < -0.39 is 5.97 Å². The molecule has 0 saturated carbocycles. The summed E-state index contributed by atoms with van der Waals surface area (Å²) in [6, 6.07) is 14.2. The van der Waals surface area contributed by atoms with Crippen LogP contribution in [0.25, 0.3) is 5.69 Å². The second-order valence-electron chi connectivity index (χ2n) is 5.28. The Morgan fingerprint density at radius 3 is 2.54 bits per heavy atom. The van der Waals surface area contributed by atoms with Gasteiger partial charge in [0, 0.05) is 6.42 Å². The van der Waals surface area contributed by atoms with Crippen molar-refractivity contribution in [1.82, 2.24) is 15.0 Å². The predicted molar refractivity (Wildman–Crippen MR) is 90.7 cm³/mol. The molecule has 3 aromatic rings. The second kappa shape index (κ2) is 6.95. The number of carboxylic acids is 1. The van der Waals surface area contributed by atoms with E-state index in [0.717, 1.165) is 11.1 Å². The van der Waals surface area contributed by atoms with Crippen molar-refractivity contribution in [2.24, 2.45) is 0 Å². The van der Waals surface area contributed by atoms with Crippen molar-refractivity contribution in [1.29, 1.82) is 0 Å². The highest BCUT2D eigenvalue weighted by Crippen LogP contribution is 2.17. The molecule has 1 heterocycles. The van der Waals surface area contributed by atoms with Crippen LogP contribution in [0.15, 0.2) is 48.5 Å². The molecule has 6 heteroatoms. The van der Waals surface area contributed by atoms with Gasteiger partial charge in [-0.3, -0.25) is 0 Å². The quantitative estimate of drug-likeness (QED) is 0.769. The second-order valence-corrected chi connectivity index (χ2v) is 5.28. The van der Waals surface area contributed by atoms with Crippen molar-refractivity contribution >= 4 is 5.97 Å². The van der Waals surface area contributed by atoms with E-state index in [1.165, 1.54) is 4.80 Å². The summed E-state index contributed by atoms with van der Waals surface area (Å²) < 4.78 is 0.